The number of nitrogens with zero attached hydrogens (tertiary/aromatic N) is 2. The zero-order chi connectivity index (χ0) is 25.4. The molecule has 0 aliphatic carbocycles. The van der Waals surface area contributed by atoms with Gasteiger partial charge in [-0.15, -0.1) is 0 Å². The lowest BCUT2D eigenvalue weighted by Gasteiger charge is -2.42. The molecule has 1 aliphatic heterocycles. The molecule has 1 fully saturated rings. The molecule has 1 aromatic rings. The number of anilines is 1. The van der Waals surface area contributed by atoms with Crippen molar-refractivity contribution in [1.29, 1.82) is 5.26 Å². The van der Waals surface area contributed by atoms with Crippen molar-refractivity contribution >= 4 is 31.7 Å². The summed E-state index contributed by atoms with van der Waals surface area (Å²) in [5.74, 6) is 0. The quantitative estimate of drug-likeness (QED) is 0.460. The minimum absolute atomic E-state index is 0.0603. The molecule has 1 amide bonds. The Kier molecular flexibility index (Phi) is 8.21. The minimum Gasteiger partial charge on any atom is -0.444 e. The smallest absolute Gasteiger partial charge is 0.410 e. The Labute approximate surface area is 205 Å². The van der Waals surface area contributed by atoms with Gasteiger partial charge in [0.05, 0.1) is 22.7 Å². The Morgan fingerprint density at radius 2 is 1.88 bits per heavy atom. The van der Waals surface area contributed by atoms with Gasteiger partial charge in [0, 0.05) is 18.3 Å². The second-order valence-electron chi connectivity index (χ2n) is 11.5. The predicted octanol–water partition coefficient (Wildman–Crippen LogP) is 6.72. The molecule has 6 nitrogen and oxygen atoms in total. The molecule has 184 valence electrons. The average Bonchev–Trinajstić information content (AvgIpc) is 3.06. The number of ether oxygens (including phenoxy) is 1. The van der Waals surface area contributed by atoms with Crippen LogP contribution in [0.5, 0.6) is 0 Å². The van der Waals surface area contributed by atoms with Crippen molar-refractivity contribution in [1.82, 2.24) is 4.90 Å². The summed E-state index contributed by atoms with van der Waals surface area (Å²) in [6.07, 6.45) is 0.336. The van der Waals surface area contributed by atoms with Crippen LogP contribution in [-0.4, -0.2) is 49.6 Å². The van der Waals surface area contributed by atoms with Crippen LogP contribution < -0.4 is 5.32 Å². The largest absolute Gasteiger partial charge is 0.444 e. The molecule has 1 aromatic carbocycles. The maximum absolute atomic E-state index is 13.1. The van der Waals surface area contributed by atoms with Crippen LogP contribution >= 0.6 is 11.6 Å². The van der Waals surface area contributed by atoms with Crippen LogP contribution in [0.25, 0.3) is 0 Å². The first-order valence-corrected chi connectivity index (χ1v) is 14.9. The molecule has 1 saturated heterocycles. The fourth-order valence-electron chi connectivity index (χ4n) is 3.85. The molecule has 0 unspecified atom stereocenters. The molecule has 33 heavy (non-hydrogen) atoms. The first kappa shape index (κ1) is 27.5. The molecular formula is C25H40ClN3O3Si. The maximum Gasteiger partial charge on any atom is 0.410 e. The van der Waals surface area contributed by atoms with Crippen molar-refractivity contribution in [2.75, 3.05) is 11.9 Å². The van der Waals surface area contributed by atoms with Crippen molar-refractivity contribution in [2.45, 2.75) is 104 Å². The second-order valence-corrected chi connectivity index (χ2v) is 16.6. The zero-order valence-corrected chi connectivity index (χ0v) is 23.6. The van der Waals surface area contributed by atoms with Crippen LogP contribution in [0.15, 0.2) is 12.1 Å². The van der Waals surface area contributed by atoms with E-state index in [4.69, 9.17) is 20.8 Å². The number of rotatable bonds is 5. The van der Waals surface area contributed by atoms with Crippen molar-refractivity contribution < 1.29 is 14.0 Å². The number of carbonyl (C=O) groups is 1. The average molecular weight is 494 g/mol. The molecule has 1 aliphatic rings. The summed E-state index contributed by atoms with van der Waals surface area (Å²) in [5.41, 5.74) is 1.52. The van der Waals surface area contributed by atoms with Crippen molar-refractivity contribution in [3.8, 4) is 6.07 Å². The van der Waals surface area contributed by atoms with E-state index in [9.17, 15) is 10.1 Å². The monoisotopic (exact) mass is 493 g/mol. The summed E-state index contributed by atoms with van der Waals surface area (Å²) < 4.78 is 12.5. The molecule has 0 saturated carbocycles. The second kappa shape index (κ2) is 9.85. The first-order chi connectivity index (χ1) is 15.0. The lowest BCUT2D eigenvalue weighted by Crippen LogP contribution is -2.54. The number of nitrogens with one attached hydrogen (secondary N) is 1. The van der Waals surface area contributed by atoms with Crippen LogP contribution in [0.1, 0.15) is 66.0 Å². The molecular weight excluding hydrogens is 454 g/mol. The van der Waals surface area contributed by atoms with Gasteiger partial charge in [-0.05, 0) is 76.9 Å². The van der Waals surface area contributed by atoms with E-state index in [0.717, 1.165) is 17.7 Å². The number of hydrogen-bond acceptors (Lipinski definition) is 5. The maximum atomic E-state index is 13.1. The van der Waals surface area contributed by atoms with E-state index in [2.05, 4.69) is 52.2 Å². The third-order valence-electron chi connectivity index (χ3n) is 6.68. The number of likely N-dealkylation sites (tertiary alicyclic amines) is 1. The fourth-order valence-corrected chi connectivity index (χ4v) is 5.43. The van der Waals surface area contributed by atoms with Crippen molar-refractivity contribution in [3.63, 3.8) is 0 Å². The van der Waals surface area contributed by atoms with Crippen LogP contribution in [0.4, 0.5) is 10.5 Å². The lowest BCUT2D eigenvalue weighted by molar-refractivity contribution is 0.0146. The van der Waals surface area contributed by atoms with Crippen LogP contribution in [0, 0.1) is 18.3 Å². The number of hydrogen-bond donors (Lipinski definition) is 1. The molecule has 3 atom stereocenters. The van der Waals surface area contributed by atoms with Gasteiger partial charge in [0.25, 0.3) is 0 Å². The highest BCUT2D eigenvalue weighted by Crippen LogP contribution is 2.40. The normalized spacial score (nSPS) is 20.4. The molecule has 0 spiro atoms. The number of amides is 1. The van der Waals surface area contributed by atoms with E-state index in [1.165, 1.54) is 0 Å². The molecule has 0 radical (unpaired) electrons. The van der Waals surface area contributed by atoms with Gasteiger partial charge in [0.1, 0.15) is 11.7 Å². The number of benzene rings is 1. The molecule has 0 aromatic heterocycles. The minimum atomic E-state index is -2.06. The predicted molar refractivity (Wildman–Crippen MR) is 137 cm³/mol. The Bertz CT molecular complexity index is 915. The topological polar surface area (TPSA) is 74.6 Å². The van der Waals surface area contributed by atoms with Crippen LogP contribution in [0.3, 0.4) is 0 Å². The summed E-state index contributed by atoms with van der Waals surface area (Å²) in [6, 6.07) is 5.37. The van der Waals surface area contributed by atoms with E-state index in [1.807, 2.05) is 33.8 Å². The highest BCUT2D eigenvalue weighted by molar-refractivity contribution is 6.74. The molecule has 2 rings (SSSR count). The number of carbonyl (C=O) groups excluding carboxylic acids is 1. The van der Waals surface area contributed by atoms with Gasteiger partial charge in [-0.25, -0.2) is 4.79 Å². The van der Waals surface area contributed by atoms with Gasteiger partial charge in [-0.1, -0.05) is 32.4 Å². The molecule has 8 heteroatoms. The van der Waals surface area contributed by atoms with Gasteiger partial charge < -0.3 is 19.4 Å². The van der Waals surface area contributed by atoms with Gasteiger partial charge >= 0.3 is 6.09 Å². The highest BCUT2D eigenvalue weighted by atomic mass is 35.5. The summed E-state index contributed by atoms with van der Waals surface area (Å²) >= 11 is 6.39. The SMILES string of the molecule is Cc1c(N[C@H](C)[C@H]2[C@@H](O[Si](C)(C)C(C)(C)C)CCN2C(=O)OC(C)(C)C)ccc(C#N)c1Cl. The lowest BCUT2D eigenvalue weighted by atomic mass is 10.0. The van der Waals surface area contributed by atoms with E-state index in [-0.39, 0.29) is 29.3 Å². The Morgan fingerprint density at radius 1 is 1.27 bits per heavy atom. The summed E-state index contributed by atoms with van der Waals surface area (Å²) in [5, 5.41) is 13.3. The van der Waals surface area contributed by atoms with E-state index in [0.29, 0.717) is 17.1 Å². The summed E-state index contributed by atoms with van der Waals surface area (Å²) in [7, 11) is -2.06. The summed E-state index contributed by atoms with van der Waals surface area (Å²) in [6.45, 7) is 21.3. The third kappa shape index (κ3) is 6.43. The van der Waals surface area contributed by atoms with Crippen molar-refractivity contribution in [2.24, 2.45) is 0 Å². The van der Waals surface area contributed by atoms with Crippen LogP contribution in [0.2, 0.25) is 23.2 Å². The Morgan fingerprint density at radius 3 is 2.39 bits per heavy atom. The van der Waals surface area contributed by atoms with Crippen LogP contribution in [-0.2, 0) is 9.16 Å². The first-order valence-electron chi connectivity index (χ1n) is 11.6. The standard InChI is InChI=1S/C25H40ClN3O3Si/c1-16-19(12-11-18(15-27)21(16)26)28-17(2)22-20(32-33(9,10)25(6,7)8)13-14-29(22)23(30)31-24(3,4)5/h11-12,17,20,22,28H,13-14H2,1-10H3/t17-,20+,22+/m1/s1. The number of halogens is 1. The van der Waals surface area contributed by atoms with Gasteiger partial charge in [0.2, 0.25) is 0 Å². The third-order valence-corrected chi connectivity index (χ3v) is 11.7. The van der Waals surface area contributed by atoms with Gasteiger partial charge in [0.15, 0.2) is 8.32 Å². The fraction of sp³-hybridized carbons (Fsp3) is 0.680. The zero-order valence-electron chi connectivity index (χ0n) is 21.8. The van der Waals surface area contributed by atoms with Gasteiger partial charge in [-0.3, -0.25) is 0 Å². The Balaban J connectivity index is 2.37. The van der Waals surface area contributed by atoms with Crippen molar-refractivity contribution in [3.05, 3.63) is 28.3 Å². The summed E-state index contributed by atoms with van der Waals surface area (Å²) in [4.78, 5) is 14.9. The molecule has 0 bridgehead atoms. The van der Waals surface area contributed by atoms with Gasteiger partial charge in [-0.2, -0.15) is 5.26 Å². The molecule has 1 N–H and O–H groups in total. The Hall–Kier alpha value is -1.75. The highest BCUT2D eigenvalue weighted by Gasteiger charge is 2.47. The van der Waals surface area contributed by atoms with E-state index < -0.39 is 13.9 Å². The number of nitriles is 1. The van der Waals surface area contributed by atoms with E-state index in [1.54, 1.807) is 11.0 Å². The van der Waals surface area contributed by atoms with E-state index >= 15 is 0 Å². The molecule has 1 heterocycles.